The number of halogens is 1. The molecule has 20 heavy (non-hydrogen) atoms. The van der Waals surface area contributed by atoms with Crippen LogP contribution in [0.4, 0.5) is 5.95 Å². The van der Waals surface area contributed by atoms with Gasteiger partial charge in [0, 0.05) is 6.04 Å². The molecular weight excluding hydrogens is 320 g/mol. The van der Waals surface area contributed by atoms with Gasteiger partial charge in [-0.2, -0.15) is 5.48 Å². The molecule has 2 rings (SSSR count). The summed E-state index contributed by atoms with van der Waals surface area (Å²) in [6.45, 7) is 8.13. The molecule has 112 valence electrons. The zero-order valence-corrected chi connectivity index (χ0v) is 14.1. The Morgan fingerprint density at radius 3 is 2.75 bits per heavy atom. The molecular formula is C14H23BrN4O. The van der Waals surface area contributed by atoms with Gasteiger partial charge >= 0.3 is 0 Å². The molecule has 1 atom stereocenters. The summed E-state index contributed by atoms with van der Waals surface area (Å²) in [6.07, 6.45) is 0.831. The zero-order valence-electron chi connectivity index (χ0n) is 12.4. The van der Waals surface area contributed by atoms with E-state index in [-0.39, 0.29) is 28.6 Å². The average molecular weight is 343 g/mol. The van der Waals surface area contributed by atoms with E-state index in [1.54, 1.807) is 0 Å². The first kappa shape index (κ1) is 16.9. The number of nitrogen functional groups attached to an aromatic ring is 1. The van der Waals surface area contributed by atoms with E-state index in [1.807, 2.05) is 32.9 Å². The van der Waals surface area contributed by atoms with Crippen LogP contribution in [0.5, 0.6) is 0 Å². The molecule has 5 nitrogen and oxygen atoms in total. The van der Waals surface area contributed by atoms with Crippen LogP contribution < -0.4 is 11.2 Å². The van der Waals surface area contributed by atoms with Crippen molar-refractivity contribution < 1.29 is 4.84 Å². The molecule has 6 heteroatoms. The number of rotatable bonds is 4. The molecule has 0 saturated heterocycles. The summed E-state index contributed by atoms with van der Waals surface area (Å²) in [7, 11) is 0. The highest BCUT2D eigenvalue weighted by Gasteiger charge is 2.14. The maximum Gasteiger partial charge on any atom is 0.198 e. The van der Waals surface area contributed by atoms with Gasteiger partial charge in [-0.25, -0.2) is 4.98 Å². The second-order valence-corrected chi connectivity index (χ2v) is 5.87. The Balaban J connectivity index is 0.00000200. The second kappa shape index (κ2) is 6.56. The number of hydrogen-bond acceptors (Lipinski definition) is 4. The lowest BCUT2D eigenvalue weighted by Gasteiger charge is -2.23. The molecule has 0 spiro atoms. The number of aromatic nitrogens is 2. The van der Waals surface area contributed by atoms with Gasteiger partial charge in [0.1, 0.15) is 0 Å². The van der Waals surface area contributed by atoms with E-state index in [2.05, 4.69) is 28.4 Å². The predicted molar refractivity (Wildman–Crippen MR) is 88.0 cm³/mol. The number of nitrogens with two attached hydrogens (primary N) is 1. The van der Waals surface area contributed by atoms with Crippen LogP contribution in [0.25, 0.3) is 11.0 Å². The molecule has 1 unspecified atom stereocenters. The number of imidazole rings is 1. The molecule has 1 aromatic heterocycles. The van der Waals surface area contributed by atoms with Gasteiger partial charge in [0.2, 0.25) is 0 Å². The van der Waals surface area contributed by atoms with Gasteiger partial charge in [-0.1, -0.05) is 12.1 Å². The third-order valence-electron chi connectivity index (χ3n) is 2.71. The highest BCUT2D eigenvalue weighted by molar-refractivity contribution is 8.93. The summed E-state index contributed by atoms with van der Waals surface area (Å²) in [4.78, 5) is 12.9. The molecule has 0 bridgehead atoms. The highest BCUT2D eigenvalue weighted by Crippen LogP contribution is 2.19. The first-order valence-electron chi connectivity index (χ1n) is 6.52. The first-order valence-corrected chi connectivity index (χ1v) is 6.52. The number of fused-ring (bicyclic) bond motifs is 1. The van der Waals surface area contributed by atoms with Crippen molar-refractivity contribution in [2.75, 3.05) is 5.73 Å². The SMILES string of the molecule is Br.CC(Cc1cccc2[nH]c(N)nc12)NOC(C)(C)C. The van der Waals surface area contributed by atoms with Crippen molar-refractivity contribution in [3.63, 3.8) is 0 Å². The van der Waals surface area contributed by atoms with Crippen molar-refractivity contribution in [2.24, 2.45) is 0 Å². The topological polar surface area (TPSA) is 76.0 Å². The Morgan fingerprint density at radius 2 is 2.10 bits per heavy atom. The Bertz CT molecular complexity index is 562. The van der Waals surface area contributed by atoms with Gasteiger partial charge in [0.25, 0.3) is 0 Å². The highest BCUT2D eigenvalue weighted by atomic mass is 79.9. The van der Waals surface area contributed by atoms with E-state index >= 15 is 0 Å². The molecule has 2 aromatic rings. The largest absolute Gasteiger partial charge is 0.369 e. The summed E-state index contributed by atoms with van der Waals surface area (Å²) in [5, 5.41) is 0. The fourth-order valence-corrected chi connectivity index (χ4v) is 1.92. The van der Waals surface area contributed by atoms with E-state index in [4.69, 9.17) is 10.6 Å². The minimum Gasteiger partial charge on any atom is -0.369 e. The van der Waals surface area contributed by atoms with Crippen molar-refractivity contribution in [1.29, 1.82) is 0 Å². The van der Waals surface area contributed by atoms with Crippen molar-refractivity contribution in [3.8, 4) is 0 Å². The molecule has 0 aliphatic carbocycles. The number of hydrogen-bond donors (Lipinski definition) is 3. The fraction of sp³-hybridized carbons (Fsp3) is 0.500. The van der Waals surface area contributed by atoms with Gasteiger partial charge in [-0.15, -0.1) is 17.0 Å². The average Bonchev–Trinajstić information content (AvgIpc) is 2.67. The summed E-state index contributed by atoms with van der Waals surface area (Å²) in [5.41, 5.74) is 11.6. The number of nitrogens with one attached hydrogen (secondary N) is 2. The minimum absolute atomic E-state index is 0. The summed E-state index contributed by atoms with van der Waals surface area (Å²) in [5.74, 6) is 0.453. The van der Waals surface area contributed by atoms with E-state index in [0.717, 1.165) is 23.0 Å². The van der Waals surface area contributed by atoms with Crippen LogP contribution in [0.2, 0.25) is 0 Å². The number of H-pyrrole nitrogens is 1. The van der Waals surface area contributed by atoms with Crippen molar-refractivity contribution in [1.82, 2.24) is 15.4 Å². The van der Waals surface area contributed by atoms with Crippen molar-refractivity contribution >= 4 is 34.0 Å². The van der Waals surface area contributed by atoms with E-state index < -0.39 is 0 Å². The van der Waals surface area contributed by atoms with Gasteiger partial charge in [-0.3, -0.25) is 4.84 Å². The fourth-order valence-electron chi connectivity index (χ4n) is 1.92. The van der Waals surface area contributed by atoms with Gasteiger partial charge in [0.15, 0.2) is 5.95 Å². The number of anilines is 1. The van der Waals surface area contributed by atoms with Crippen LogP contribution in [-0.4, -0.2) is 21.6 Å². The van der Waals surface area contributed by atoms with Crippen LogP contribution in [-0.2, 0) is 11.3 Å². The Hall–Kier alpha value is -1.11. The third-order valence-corrected chi connectivity index (χ3v) is 2.71. The molecule has 0 aliphatic heterocycles. The molecule has 0 amide bonds. The molecule has 0 radical (unpaired) electrons. The smallest absolute Gasteiger partial charge is 0.198 e. The number of nitrogens with zero attached hydrogens (tertiary/aromatic N) is 1. The number of para-hydroxylation sites is 1. The second-order valence-electron chi connectivity index (χ2n) is 5.87. The van der Waals surface area contributed by atoms with Gasteiger partial charge in [0.05, 0.1) is 16.6 Å². The molecule has 1 heterocycles. The third kappa shape index (κ3) is 4.47. The lowest BCUT2D eigenvalue weighted by Crippen LogP contribution is -2.36. The molecule has 0 aliphatic rings. The molecule has 0 fully saturated rings. The Kier molecular flexibility index (Phi) is 5.56. The molecule has 4 N–H and O–H groups in total. The number of aromatic amines is 1. The normalized spacial score (nSPS) is 13.2. The molecule has 0 saturated carbocycles. The first-order chi connectivity index (χ1) is 8.85. The van der Waals surface area contributed by atoms with Crippen molar-refractivity contribution in [3.05, 3.63) is 23.8 Å². The van der Waals surface area contributed by atoms with Crippen molar-refractivity contribution in [2.45, 2.75) is 45.8 Å². The molecule has 1 aromatic carbocycles. The monoisotopic (exact) mass is 342 g/mol. The Morgan fingerprint density at radius 1 is 1.40 bits per heavy atom. The zero-order chi connectivity index (χ0) is 14.0. The predicted octanol–water partition coefficient (Wildman–Crippen LogP) is 2.97. The van der Waals surface area contributed by atoms with Crippen LogP contribution >= 0.6 is 17.0 Å². The lowest BCUT2D eigenvalue weighted by molar-refractivity contribution is -0.0857. The quantitative estimate of drug-likeness (QED) is 0.746. The van der Waals surface area contributed by atoms with E-state index in [1.165, 1.54) is 0 Å². The maximum atomic E-state index is 5.70. The number of benzene rings is 1. The van der Waals surface area contributed by atoms with Crippen LogP contribution in [0.15, 0.2) is 18.2 Å². The standard InChI is InChI=1S/C14H22N4O.BrH/c1-9(18-19-14(2,3)4)8-10-6-5-7-11-12(10)17-13(15)16-11;/h5-7,9,18H,8H2,1-4H3,(H3,15,16,17);1H. The van der Waals surface area contributed by atoms with Gasteiger partial charge < -0.3 is 10.7 Å². The number of hydroxylamine groups is 1. The van der Waals surface area contributed by atoms with Gasteiger partial charge in [-0.05, 0) is 45.7 Å². The Labute approximate surface area is 130 Å². The summed E-state index contributed by atoms with van der Waals surface area (Å²) >= 11 is 0. The van der Waals surface area contributed by atoms with Crippen LogP contribution in [0.3, 0.4) is 0 Å². The van der Waals surface area contributed by atoms with E-state index in [9.17, 15) is 0 Å². The van der Waals surface area contributed by atoms with E-state index in [0.29, 0.717) is 5.95 Å². The summed E-state index contributed by atoms with van der Waals surface area (Å²) < 4.78 is 0. The maximum absolute atomic E-state index is 5.70. The summed E-state index contributed by atoms with van der Waals surface area (Å²) in [6, 6.07) is 6.25. The lowest BCUT2D eigenvalue weighted by atomic mass is 10.1. The van der Waals surface area contributed by atoms with Crippen LogP contribution in [0.1, 0.15) is 33.3 Å². The van der Waals surface area contributed by atoms with Crippen LogP contribution in [0, 0.1) is 0 Å². The minimum atomic E-state index is -0.197.